The van der Waals surface area contributed by atoms with Crippen LogP contribution < -0.4 is 4.90 Å². The first-order valence-electron chi connectivity index (χ1n) is 6.25. The number of benzene rings is 2. The van der Waals surface area contributed by atoms with Gasteiger partial charge in [-0.2, -0.15) is 0 Å². The molecule has 0 aliphatic rings. The molecular weight excluding hydrogens is 234 g/mol. The van der Waals surface area contributed by atoms with Crippen LogP contribution in [-0.2, 0) is 4.79 Å². The summed E-state index contributed by atoms with van der Waals surface area (Å²) in [5, 5.41) is 0. The number of hydrogen-bond donors (Lipinski definition) is 0. The lowest BCUT2D eigenvalue weighted by molar-refractivity contribution is -0.113. The van der Waals surface area contributed by atoms with Crippen LogP contribution in [-0.4, -0.2) is 13.0 Å². The lowest BCUT2D eigenvalue weighted by Crippen LogP contribution is -2.24. The highest BCUT2D eigenvalue weighted by Gasteiger charge is 2.08. The molecule has 0 spiro atoms. The van der Waals surface area contributed by atoms with Crippen LogP contribution in [0.15, 0.2) is 66.7 Å². The van der Waals surface area contributed by atoms with E-state index in [1.54, 1.807) is 18.0 Å². The third-order valence-electron chi connectivity index (χ3n) is 3.04. The van der Waals surface area contributed by atoms with E-state index in [1.807, 2.05) is 67.6 Å². The molecule has 0 unspecified atom stereocenters. The summed E-state index contributed by atoms with van der Waals surface area (Å²) >= 11 is 0. The average molecular weight is 251 g/mol. The Morgan fingerprint density at radius 1 is 0.947 bits per heavy atom. The molecule has 0 heterocycles. The number of rotatable bonds is 3. The molecule has 1 amide bonds. The van der Waals surface area contributed by atoms with Crippen molar-refractivity contribution in [3.8, 4) is 0 Å². The van der Waals surface area contributed by atoms with Gasteiger partial charge in [0.2, 0.25) is 0 Å². The van der Waals surface area contributed by atoms with Crippen molar-refractivity contribution in [1.82, 2.24) is 0 Å². The van der Waals surface area contributed by atoms with Crippen LogP contribution in [0.2, 0.25) is 0 Å². The summed E-state index contributed by atoms with van der Waals surface area (Å²) in [5.74, 6) is -0.0208. The monoisotopic (exact) mass is 251 g/mol. The van der Waals surface area contributed by atoms with Crippen molar-refractivity contribution in [1.29, 1.82) is 0 Å². The third kappa shape index (κ3) is 3.32. The summed E-state index contributed by atoms with van der Waals surface area (Å²) < 4.78 is 0. The molecule has 0 atom stereocenters. The van der Waals surface area contributed by atoms with Crippen LogP contribution >= 0.6 is 0 Å². The number of amides is 1. The van der Waals surface area contributed by atoms with Crippen LogP contribution in [0, 0.1) is 0 Å². The quantitative estimate of drug-likeness (QED) is 0.761. The molecule has 0 N–H and O–H groups in total. The molecule has 96 valence electrons. The van der Waals surface area contributed by atoms with Gasteiger partial charge in [-0.1, -0.05) is 48.5 Å². The van der Waals surface area contributed by atoms with Gasteiger partial charge in [0.05, 0.1) is 0 Å². The predicted molar refractivity (Wildman–Crippen MR) is 79.9 cm³/mol. The van der Waals surface area contributed by atoms with Gasteiger partial charge in [-0.05, 0) is 30.2 Å². The van der Waals surface area contributed by atoms with Crippen LogP contribution in [0.25, 0.3) is 5.57 Å². The van der Waals surface area contributed by atoms with Crippen molar-refractivity contribution in [3.05, 3.63) is 72.3 Å². The fourth-order valence-corrected chi connectivity index (χ4v) is 1.85. The summed E-state index contributed by atoms with van der Waals surface area (Å²) in [6.07, 6.45) is 1.67. The van der Waals surface area contributed by atoms with Crippen LogP contribution in [0.1, 0.15) is 12.5 Å². The number of nitrogens with zero attached hydrogens (tertiary/aromatic N) is 1. The van der Waals surface area contributed by atoms with E-state index in [4.69, 9.17) is 0 Å². The smallest absolute Gasteiger partial charge is 0.250 e. The van der Waals surface area contributed by atoms with Gasteiger partial charge in [-0.25, -0.2) is 0 Å². The molecule has 2 heteroatoms. The van der Waals surface area contributed by atoms with E-state index < -0.39 is 0 Å². The number of likely N-dealkylation sites (N-methyl/N-ethyl adjacent to an activating group) is 1. The van der Waals surface area contributed by atoms with Gasteiger partial charge in [0.25, 0.3) is 5.91 Å². The highest BCUT2D eigenvalue weighted by Crippen LogP contribution is 2.16. The maximum absolute atomic E-state index is 12.2. The first-order valence-corrected chi connectivity index (χ1v) is 6.25. The Morgan fingerprint density at radius 2 is 1.47 bits per heavy atom. The SMILES string of the molecule is C/C(=C/C(=O)N(C)c1ccccc1)c1ccccc1. The second-order valence-corrected chi connectivity index (χ2v) is 4.43. The van der Waals surface area contributed by atoms with Gasteiger partial charge in [0.1, 0.15) is 0 Å². The molecule has 0 radical (unpaired) electrons. The standard InChI is InChI=1S/C17H17NO/c1-14(15-9-5-3-6-10-15)13-17(19)18(2)16-11-7-4-8-12-16/h3-13H,1-2H3/b14-13-. The molecular formula is C17H17NO. The van der Waals surface area contributed by atoms with E-state index in [1.165, 1.54) is 0 Å². The molecule has 0 aliphatic heterocycles. The molecule has 0 aliphatic carbocycles. The summed E-state index contributed by atoms with van der Waals surface area (Å²) in [6.45, 7) is 1.95. The fraction of sp³-hybridized carbons (Fsp3) is 0.118. The second kappa shape index (κ2) is 6.01. The Bertz CT molecular complexity index is 573. The molecule has 0 aromatic heterocycles. The van der Waals surface area contributed by atoms with E-state index in [-0.39, 0.29) is 5.91 Å². The van der Waals surface area contributed by atoms with Crippen molar-refractivity contribution < 1.29 is 4.79 Å². The third-order valence-corrected chi connectivity index (χ3v) is 3.04. The number of para-hydroxylation sites is 1. The van der Waals surface area contributed by atoms with E-state index in [0.717, 1.165) is 16.8 Å². The second-order valence-electron chi connectivity index (χ2n) is 4.43. The zero-order chi connectivity index (χ0) is 13.7. The average Bonchev–Trinajstić information content (AvgIpc) is 2.48. The van der Waals surface area contributed by atoms with Crippen molar-refractivity contribution in [3.63, 3.8) is 0 Å². The van der Waals surface area contributed by atoms with Crippen LogP contribution in [0.4, 0.5) is 5.69 Å². The van der Waals surface area contributed by atoms with Crippen molar-refractivity contribution in [2.24, 2.45) is 0 Å². The Labute approximate surface area is 114 Å². The maximum atomic E-state index is 12.2. The first kappa shape index (κ1) is 13.1. The van der Waals surface area contributed by atoms with Gasteiger partial charge < -0.3 is 4.90 Å². The molecule has 0 fully saturated rings. The number of hydrogen-bond acceptors (Lipinski definition) is 1. The lowest BCUT2D eigenvalue weighted by atomic mass is 10.1. The predicted octanol–water partition coefficient (Wildman–Crippen LogP) is 3.75. The maximum Gasteiger partial charge on any atom is 0.250 e. The Balaban J connectivity index is 2.17. The molecule has 2 rings (SSSR count). The molecule has 19 heavy (non-hydrogen) atoms. The molecule has 0 bridgehead atoms. The highest BCUT2D eigenvalue weighted by molar-refractivity contribution is 6.05. The largest absolute Gasteiger partial charge is 0.312 e. The minimum atomic E-state index is -0.0208. The zero-order valence-electron chi connectivity index (χ0n) is 11.2. The van der Waals surface area contributed by atoms with Crippen molar-refractivity contribution >= 4 is 17.2 Å². The summed E-state index contributed by atoms with van der Waals surface area (Å²) in [4.78, 5) is 13.8. The molecule has 2 aromatic rings. The topological polar surface area (TPSA) is 20.3 Å². The number of carbonyl (C=O) groups is 1. The van der Waals surface area contributed by atoms with Gasteiger partial charge in [-0.3, -0.25) is 4.79 Å². The summed E-state index contributed by atoms with van der Waals surface area (Å²) in [6, 6.07) is 19.5. The van der Waals surface area contributed by atoms with E-state index in [2.05, 4.69) is 0 Å². The normalized spacial score (nSPS) is 11.2. The minimum Gasteiger partial charge on any atom is -0.312 e. The minimum absolute atomic E-state index is 0.0208. The van der Waals surface area contributed by atoms with Gasteiger partial charge in [-0.15, -0.1) is 0 Å². The van der Waals surface area contributed by atoms with Crippen molar-refractivity contribution in [2.75, 3.05) is 11.9 Å². The van der Waals surface area contributed by atoms with Gasteiger partial charge in [0.15, 0.2) is 0 Å². The first-order chi connectivity index (χ1) is 9.18. The van der Waals surface area contributed by atoms with Crippen LogP contribution in [0.5, 0.6) is 0 Å². The van der Waals surface area contributed by atoms with Gasteiger partial charge in [0, 0.05) is 18.8 Å². The lowest BCUT2D eigenvalue weighted by Gasteiger charge is -2.15. The molecule has 0 saturated heterocycles. The Hall–Kier alpha value is -2.35. The molecule has 2 aromatic carbocycles. The van der Waals surface area contributed by atoms with Crippen molar-refractivity contribution in [2.45, 2.75) is 6.92 Å². The summed E-state index contributed by atoms with van der Waals surface area (Å²) in [5.41, 5.74) is 2.93. The Kier molecular flexibility index (Phi) is 4.14. The fourth-order valence-electron chi connectivity index (χ4n) is 1.85. The number of anilines is 1. The van der Waals surface area contributed by atoms with E-state index in [0.29, 0.717) is 0 Å². The van der Waals surface area contributed by atoms with E-state index >= 15 is 0 Å². The molecule has 2 nitrogen and oxygen atoms in total. The van der Waals surface area contributed by atoms with E-state index in [9.17, 15) is 4.79 Å². The van der Waals surface area contributed by atoms with Crippen LogP contribution in [0.3, 0.4) is 0 Å². The van der Waals surface area contributed by atoms with Gasteiger partial charge >= 0.3 is 0 Å². The number of allylic oxidation sites excluding steroid dienone is 1. The highest BCUT2D eigenvalue weighted by atomic mass is 16.2. The Morgan fingerprint density at radius 3 is 2.05 bits per heavy atom. The zero-order valence-corrected chi connectivity index (χ0v) is 11.2. The molecule has 0 saturated carbocycles. The number of carbonyl (C=O) groups excluding carboxylic acids is 1. The summed E-state index contributed by atoms with van der Waals surface area (Å²) in [7, 11) is 1.78.